The number of nitrogens with zero attached hydrogens (tertiary/aromatic N) is 1. The molecule has 0 radical (unpaired) electrons. The Labute approximate surface area is 368 Å². The number of allylic oxidation sites excluding steroid dienone is 12. The van der Waals surface area contributed by atoms with Gasteiger partial charge in [-0.05, 0) is 64.2 Å². The minimum absolute atomic E-state index is 0.0415. The third kappa shape index (κ3) is 40.2. The molecule has 0 bridgehead atoms. The molecule has 344 valence electrons. The highest BCUT2D eigenvalue weighted by atomic mass is 16.6. The molecule has 2 unspecified atom stereocenters. The van der Waals surface area contributed by atoms with Gasteiger partial charge in [0.25, 0.3) is 0 Å². The van der Waals surface area contributed by atoms with E-state index < -0.39 is 18.1 Å². The SMILES string of the molecule is CC/C=C/C=C/C=C/C=C/CCCCCC(=O)OCC(COCCC(C(=O)O)[N+](C)(C)C)OC(=O)CCCCCCCCC/C=C/C/C=C/CCCCCCCCCCC. The van der Waals surface area contributed by atoms with Crippen LogP contribution in [0.3, 0.4) is 0 Å². The first-order valence-electron chi connectivity index (χ1n) is 24.0. The highest BCUT2D eigenvalue weighted by Crippen LogP contribution is 2.14. The molecule has 8 heteroatoms. The standard InChI is InChI=1S/C52H89NO7/c1-6-8-10-12-14-16-18-20-21-22-23-24-25-26-27-28-29-31-33-35-37-39-41-43-51(55)60-48(46-58-45-44-49(52(56)57)53(3,4)5)47-59-50(54)42-40-38-36-34-32-30-19-17-15-13-11-9-7-2/h9,11,13,15,17,19,23-24,26-27,30,32,48-49H,6-8,10,12,14,16,18,20-22,25,28-29,31,33-47H2,1-5H3/p+1/b11-9+,15-13+,19-17+,24-23+,27-26+,32-30+. The molecule has 0 amide bonds. The molecule has 1 N–H and O–H groups in total. The maximum absolute atomic E-state index is 12.8. The number of unbranched alkanes of at least 4 members (excludes halogenated alkanes) is 19. The van der Waals surface area contributed by atoms with Crippen LogP contribution in [0.1, 0.15) is 187 Å². The largest absolute Gasteiger partial charge is 0.477 e. The molecule has 0 fully saturated rings. The van der Waals surface area contributed by atoms with Crippen molar-refractivity contribution in [3.8, 4) is 0 Å². The fourth-order valence-corrected chi connectivity index (χ4v) is 6.72. The van der Waals surface area contributed by atoms with Crippen LogP contribution < -0.4 is 0 Å². The Bertz CT molecular complexity index is 1210. The van der Waals surface area contributed by atoms with Crippen molar-refractivity contribution in [2.24, 2.45) is 0 Å². The molecule has 0 aromatic rings. The van der Waals surface area contributed by atoms with Gasteiger partial charge < -0.3 is 23.8 Å². The molecule has 0 spiro atoms. The van der Waals surface area contributed by atoms with Crippen LogP contribution in [0, 0.1) is 0 Å². The van der Waals surface area contributed by atoms with Crippen molar-refractivity contribution in [3.63, 3.8) is 0 Å². The maximum Gasteiger partial charge on any atom is 0.362 e. The second-order valence-electron chi connectivity index (χ2n) is 17.1. The Morgan fingerprint density at radius 3 is 1.53 bits per heavy atom. The summed E-state index contributed by atoms with van der Waals surface area (Å²) in [6, 6.07) is -0.626. The van der Waals surface area contributed by atoms with Crippen molar-refractivity contribution in [2.45, 2.75) is 199 Å². The molecule has 0 aliphatic rings. The lowest BCUT2D eigenvalue weighted by molar-refractivity contribution is -0.887. The lowest BCUT2D eigenvalue weighted by atomic mass is 10.1. The van der Waals surface area contributed by atoms with Crippen LogP contribution in [0.15, 0.2) is 72.9 Å². The van der Waals surface area contributed by atoms with E-state index >= 15 is 0 Å². The summed E-state index contributed by atoms with van der Waals surface area (Å²) in [6.07, 6.45) is 53.9. The minimum Gasteiger partial charge on any atom is -0.477 e. The van der Waals surface area contributed by atoms with E-state index in [1.807, 2.05) is 57.6 Å². The van der Waals surface area contributed by atoms with Crippen molar-refractivity contribution in [1.29, 1.82) is 0 Å². The molecular formula is C52H90NO7+. The number of quaternary nitrogens is 1. The van der Waals surface area contributed by atoms with Crippen LogP contribution in [0.2, 0.25) is 0 Å². The number of carbonyl (C=O) groups is 3. The zero-order valence-corrected chi connectivity index (χ0v) is 39.1. The van der Waals surface area contributed by atoms with E-state index in [9.17, 15) is 19.5 Å². The van der Waals surface area contributed by atoms with Crippen LogP contribution in [0.25, 0.3) is 0 Å². The number of hydrogen-bond donors (Lipinski definition) is 1. The van der Waals surface area contributed by atoms with E-state index in [2.05, 4.69) is 50.3 Å². The molecule has 8 nitrogen and oxygen atoms in total. The van der Waals surface area contributed by atoms with E-state index in [0.717, 1.165) is 64.2 Å². The van der Waals surface area contributed by atoms with Crippen molar-refractivity contribution in [2.75, 3.05) is 41.0 Å². The third-order valence-electron chi connectivity index (χ3n) is 10.4. The van der Waals surface area contributed by atoms with E-state index in [1.165, 1.54) is 89.9 Å². The van der Waals surface area contributed by atoms with Crippen molar-refractivity contribution < 1.29 is 38.2 Å². The number of likely N-dealkylation sites (N-methyl/N-ethyl adjacent to an activating group) is 1. The van der Waals surface area contributed by atoms with Crippen LogP contribution in [-0.4, -0.2) is 80.6 Å². The van der Waals surface area contributed by atoms with Gasteiger partial charge in [-0.1, -0.05) is 177 Å². The number of carbonyl (C=O) groups excluding carboxylic acids is 2. The molecule has 0 saturated heterocycles. The predicted molar refractivity (Wildman–Crippen MR) is 252 cm³/mol. The zero-order valence-electron chi connectivity index (χ0n) is 39.1. The molecule has 2 atom stereocenters. The summed E-state index contributed by atoms with van der Waals surface area (Å²) < 4.78 is 17.2. The quantitative estimate of drug-likeness (QED) is 0.0215. The fraction of sp³-hybridized carbons (Fsp3) is 0.712. The molecule has 0 aromatic carbocycles. The summed E-state index contributed by atoms with van der Waals surface area (Å²) in [7, 11) is 5.51. The van der Waals surface area contributed by atoms with E-state index in [1.54, 1.807) is 0 Å². The van der Waals surface area contributed by atoms with Gasteiger partial charge in [0.2, 0.25) is 0 Å². The van der Waals surface area contributed by atoms with E-state index in [-0.39, 0.29) is 36.2 Å². The normalized spacial score (nSPS) is 13.6. The maximum atomic E-state index is 12.8. The van der Waals surface area contributed by atoms with Gasteiger partial charge in [-0.25, -0.2) is 4.79 Å². The first-order valence-corrected chi connectivity index (χ1v) is 24.0. The average molecular weight is 841 g/mol. The summed E-state index contributed by atoms with van der Waals surface area (Å²) in [5.41, 5.74) is 0. The number of ether oxygens (including phenoxy) is 3. The highest BCUT2D eigenvalue weighted by Gasteiger charge is 2.31. The number of carboxylic acids is 1. The summed E-state index contributed by atoms with van der Waals surface area (Å²) in [5, 5.41) is 9.63. The molecule has 60 heavy (non-hydrogen) atoms. The smallest absolute Gasteiger partial charge is 0.362 e. The summed E-state index contributed by atoms with van der Waals surface area (Å²) >= 11 is 0. The molecule has 0 saturated carbocycles. The van der Waals surface area contributed by atoms with Crippen LogP contribution in [0.5, 0.6) is 0 Å². The van der Waals surface area contributed by atoms with Crippen molar-refractivity contribution in [1.82, 2.24) is 0 Å². The van der Waals surface area contributed by atoms with E-state index in [4.69, 9.17) is 14.2 Å². The molecule has 0 heterocycles. The van der Waals surface area contributed by atoms with E-state index in [0.29, 0.717) is 19.3 Å². The predicted octanol–water partition coefficient (Wildman–Crippen LogP) is 13.5. The van der Waals surface area contributed by atoms with Crippen LogP contribution in [-0.2, 0) is 28.6 Å². The second kappa shape index (κ2) is 42.5. The topological polar surface area (TPSA) is 99.1 Å². The van der Waals surface area contributed by atoms with Crippen LogP contribution in [0.4, 0.5) is 0 Å². The number of aliphatic carboxylic acids is 1. The van der Waals surface area contributed by atoms with Gasteiger partial charge in [-0.2, -0.15) is 0 Å². The summed E-state index contributed by atoms with van der Waals surface area (Å²) in [5.74, 6) is -1.53. The lowest BCUT2D eigenvalue weighted by Gasteiger charge is -2.31. The van der Waals surface area contributed by atoms with Gasteiger partial charge in [-0.3, -0.25) is 9.59 Å². The van der Waals surface area contributed by atoms with Crippen molar-refractivity contribution in [3.05, 3.63) is 72.9 Å². The average Bonchev–Trinajstić information content (AvgIpc) is 3.21. The van der Waals surface area contributed by atoms with Gasteiger partial charge in [0, 0.05) is 19.3 Å². The summed E-state index contributed by atoms with van der Waals surface area (Å²) in [6.45, 7) is 4.54. The molecule has 0 rings (SSSR count). The minimum atomic E-state index is -0.884. The lowest BCUT2D eigenvalue weighted by Crippen LogP contribution is -2.50. The van der Waals surface area contributed by atoms with Gasteiger partial charge in [0.1, 0.15) is 6.61 Å². The van der Waals surface area contributed by atoms with Gasteiger partial charge in [0.05, 0.1) is 34.4 Å². The number of esters is 2. The van der Waals surface area contributed by atoms with Crippen LogP contribution >= 0.6 is 0 Å². The monoisotopic (exact) mass is 841 g/mol. The third-order valence-corrected chi connectivity index (χ3v) is 10.4. The highest BCUT2D eigenvalue weighted by molar-refractivity contribution is 5.72. The second-order valence-corrected chi connectivity index (χ2v) is 17.1. The fourth-order valence-electron chi connectivity index (χ4n) is 6.72. The molecule has 0 aromatic heterocycles. The Morgan fingerprint density at radius 1 is 0.533 bits per heavy atom. The summed E-state index contributed by atoms with van der Waals surface area (Å²) in [4.78, 5) is 37.0. The van der Waals surface area contributed by atoms with Crippen molar-refractivity contribution >= 4 is 17.9 Å². The Hall–Kier alpha value is -3.23. The zero-order chi connectivity index (χ0) is 44.2. The van der Waals surface area contributed by atoms with Gasteiger partial charge in [-0.15, -0.1) is 0 Å². The number of hydrogen-bond acceptors (Lipinski definition) is 6. The first kappa shape index (κ1) is 56.8. The Balaban J connectivity index is 4.31. The molecule has 0 aliphatic heterocycles. The number of rotatable bonds is 42. The Morgan fingerprint density at radius 2 is 1.00 bits per heavy atom. The first-order chi connectivity index (χ1) is 29.1. The van der Waals surface area contributed by atoms with Gasteiger partial charge >= 0.3 is 17.9 Å². The Kier molecular flexibility index (Phi) is 40.2. The molecular weight excluding hydrogens is 751 g/mol. The molecule has 0 aliphatic carbocycles. The van der Waals surface area contributed by atoms with Gasteiger partial charge in [0.15, 0.2) is 12.1 Å². The number of carboxylic acid groups (broad SMARTS) is 1.